The van der Waals surface area contributed by atoms with Gasteiger partial charge in [-0.25, -0.2) is 4.39 Å². The topological polar surface area (TPSA) is 29.3 Å². The van der Waals surface area contributed by atoms with E-state index in [0.717, 1.165) is 12.3 Å². The minimum absolute atomic E-state index is 0.202. The molecule has 2 atom stereocenters. The molecule has 1 aliphatic rings. The van der Waals surface area contributed by atoms with Crippen molar-refractivity contribution in [3.05, 3.63) is 28.0 Å². The summed E-state index contributed by atoms with van der Waals surface area (Å²) in [6, 6.07) is 3.86. The molecule has 2 unspecified atom stereocenters. The van der Waals surface area contributed by atoms with Crippen LogP contribution in [0.25, 0.3) is 0 Å². The molecule has 6 heteroatoms. The van der Waals surface area contributed by atoms with Crippen molar-refractivity contribution >= 4 is 50.6 Å². The van der Waals surface area contributed by atoms with Crippen molar-refractivity contribution in [3.63, 3.8) is 0 Å². The normalized spacial score (nSPS) is 23.5. The van der Waals surface area contributed by atoms with Gasteiger partial charge in [0.1, 0.15) is 4.99 Å². The molecule has 104 valence electrons. The summed E-state index contributed by atoms with van der Waals surface area (Å²) < 4.78 is 14.9. The van der Waals surface area contributed by atoms with Crippen molar-refractivity contribution in [1.82, 2.24) is 0 Å². The average molecular weight is 363 g/mol. The van der Waals surface area contributed by atoms with Crippen LogP contribution in [0, 0.1) is 5.82 Å². The van der Waals surface area contributed by atoms with Gasteiger partial charge in [0.25, 0.3) is 0 Å². The Kier molecular flexibility index (Phi) is 4.74. The maximum absolute atomic E-state index is 14.5. The van der Waals surface area contributed by atoms with Gasteiger partial charge in [0, 0.05) is 29.2 Å². The molecule has 1 heterocycles. The number of rotatable bonds is 2. The van der Waals surface area contributed by atoms with Crippen molar-refractivity contribution in [2.45, 2.75) is 25.1 Å². The van der Waals surface area contributed by atoms with E-state index >= 15 is 0 Å². The molecule has 0 radical (unpaired) electrons. The average Bonchev–Trinajstić information content (AvgIpc) is 2.36. The van der Waals surface area contributed by atoms with Crippen LogP contribution in [0.2, 0.25) is 0 Å². The molecule has 1 fully saturated rings. The highest BCUT2D eigenvalue weighted by molar-refractivity contribution is 9.10. The van der Waals surface area contributed by atoms with Gasteiger partial charge in [-0.3, -0.25) is 0 Å². The second kappa shape index (κ2) is 5.97. The van der Waals surface area contributed by atoms with Gasteiger partial charge >= 0.3 is 0 Å². The number of thioether (sulfide) groups is 1. The summed E-state index contributed by atoms with van der Waals surface area (Å²) in [7, 11) is 0. The minimum atomic E-state index is -0.281. The second-order valence-corrected chi connectivity index (χ2v) is 7.35. The third-order valence-corrected chi connectivity index (χ3v) is 5.85. The van der Waals surface area contributed by atoms with E-state index in [1.165, 1.54) is 0 Å². The molecule has 1 aromatic carbocycles. The fourth-order valence-corrected chi connectivity index (χ4v) is 4.17. The van der Waals surface area contributed by atoms with Crippen LogP contribution in [0.5, 0.6) is 0 Å². The summed E-state index contributed by atoms with van der Waals surface area (Å²) in [5, 5.41) is 0.488. The quantitative estimate of drug-likeness (QED) is 0.814. The van der Waals surface area contributed by atoms with Crippen LogP contribution in [0.3, 0.4) is 0 Å². The van der Waals surface area contributed by atoms with Crippen molar-refractivity contribution < 1.29 is 4.39 Å². The highest BCUT2D eigenvalue weighted by Gasteiger charge is 2.28. The predicted molar refractivity (Wildman–Crippen MR) is 88.7 cm³/mol. The molecule has 1 aromatic rings. The molecule has 2 rings (SSSR count). The summed E-state index contributed by atoms with van der Waals surface area (Å²) in [6.45, 7) is 5.16. The molecular formula is C13H16BrFN2S2. The first-order chi connectivity index (χ1) is 8.93. The number of benzene rings is 1. The third-order valence-electron chi connectivity index (χ3n) is 3.52. The number of nitrogens with two attached hydrogens (primary N) is 1. The van der Waals surface area contributed by atoms with E-state index in [4.69, 9.17) is 18.0 Å². The Labute approximate surface area is 131 Å². The lowest BCUT2D eigenvalue weighted by molar-refractivity contribution is 0.578. The molecule has 0 aliphatic carbocycles. The summed E-state index contributed by atoms with van der Waals surface area (Å²) in [5.74, 6) is 0.732. The van der Waals surface area contributed by atoms with E-state index in [9.17, 15) is 4.39 Å². The Morgan fingerprint density at radius 2 is 2.21 bits per heavy atom. The molecule has 2 N–H and O–H groups in total. The number of hydrogen-bond donors (Lipinski definition) is 1. The van der Waals surface area contributed by atoms with Crippen molar-refractivity contribution in [3.8, 4) is 0 Å². The molecule has 1 saturated heterocycles. The highest BCUT2D eigenvalue weighted by Crippen LogP contribution is 2.34. The predicted octanol–water partition coefficient (Wildman–Crippen LogP) is 3.55. The van der Waals surface area contributed by atoms with Gasteiger partial charge in [0.2, 0.25) is 0 Å². The van der Waals surface area contributed by atoms with Crippen molar-refractivity contribution in [1.29, 1.82) is 0 Å². The molecule has 0 spiro atoms. The van der Waals surface area contributed by atoms with Crippen molar-refractivity contribution in [2.75, 3.05) is 17.2 Å². The van der Waals surface area contributed by atoms with Gasteiger partial charge in [-0.05, 0) is 35.0 Å². The van der Waals surface area contributed by atoms with E-state index in [-0.39, 0.29) is 10.8 Å². The van der Waals surface area contributed by atoms with Gasteiger partial charge in [-0.15, -0.1) is 0 Å². The summed E-state index contributed by atoms with van der Waals surface area (Å²) in [4.78, 5) is 2.32. The first-order valence-electron chi connectivity index (χ1n) is 6.09. The lowest BCUT2D eigenvalue weighted by atomic mass is 10.1. The zero-order chi connectivity index (χ0) is 14.2. The van der Waals surface area contributed by atoms with Crippen LogP contribution < -0.4 is 10.6 Å². The Bertz CT molecular complexity index is 510. The number of nitrogens with zero attached hydrogens (tertiary/aromatic N) is 1. The number of hydrogen-bond acceptors (Lipinski definition) is 3. The van der Waals surface area contributed by atoms with Gasteiger partial charge in [-0.2, -0.15) is 11.8 Å². The van der Waals surface area contributed by atoms with E-state index in [1.54, 1.807) is 12.1 Å². The maximum atomic E-state index is 14.5. The zero-order valence-corrected chi connectivity index (χ0v) is 14.0. The highest BCUT2D eigenvalue weighted by atomic mass is 79.9. The smallest absolute Gasteiger partial charge is 0.161 e. The van der Waals surface area contributed by atoms with Crippen molar-refractivity contribution in [2.24, 2.45) is 5.73 Å². The number of thiocarbonyl (C=S) groups is 1. The van der Waals surface area contributed by atoms with Crippen LogP contribution in [0.4, 0.5) is 10.1 Å². The van der Waals surface area contributed by atoms with Crippen LogP contribution >= 0.6 is 39.9 Å². The van der Waals surface area contributed by atoms with E-state index < -0.39 is 0 Å². The monoisotopic (exact) mass is 362 g/mol. The largest absolute Gasteiger partial charge is 0.389 e. The van der Waals surface area contributed by atoms with Gasteiger partial charge < -0.3 is 10.6 Å². The lowest BCUT2D eigenvalue weighted by Crippen LogP contribution is -2.45. The van der Waals surface area contributed by atoms with E-state index in [2.05, 4.69) is 34.7 Å². The molecular weight excluding hydrogens is 347 g/mol. The van der Waals surface area contributed by atoms with Gasteiger partial charge in [0.15, 0.2) is 5.82 Å². The molecule has 0 bridgehead atoms. The standard InChI is InChI=1S/C13H16BrFN2S2/c1-7-8(2)19-6-5-17(7)10-4-3-9(13(16)18)11(14)12(10)15/h3-4,7-8H,5-6H2,1-2H3,(H2,16,18). The third kappa shape index (κ3) is 2.90. The molecule has 2 nitrogen and oxygen atoms in total. The molecule has 0 saturated carbocycles. The van der Waals surface area contributed by atoms with Crippen LogP contribution in [0.1, 0.15) is 19.4 Å². The molecule has 1 aliphatic heterocycles. The summed E-state index contributed by atoms with van der Waals surface area (Å²) in [6.07, 6.45) is 0. The SMILES string of the molecule is CC1SCCN(c2ccc(C(N)=S)c(Br)c2F)C1C. The summed E-state index contributed by atoms with van der Waals surface area (Å²) >= 11 is 10.1. The van der Waals surface area contributed by atoms with Gasteiger partial charge in [0.05, 0.1) is 10.2 Å². The van der Waals surface area contributed by atoms with Gasteiger partial charge in [-0.1, -0.05) is 19.1 Å². The zero-order valence-electron chi connectivity index (χ0n) is 10.8. The van der Waals surface area contributed by atoms with Crippen LogP contribution in [-0.2, 0) is 0 Å². The second-order valence-electron chi connectivity index (χ2n) is 4.63. The first kappa shape index (κ1) is 15.1. The molecule has 0 amide bonds. The maximum Gasteiger partial charge on any atom is 0.161 e. The number of halogens is 2. The Morgan fingerprint density at radius 1 is 1.53 bits per heavy atom. The Balaban J connectivity index is 2.40. The van der Waals surface area contributed by atoms with Crippen LogP contribution in [0.15, 0.2) is 16.6 Å². The first-order valence-corrected chi connectivity index (χ1v) is 8.34. The molecule has 0 aromatic heterocycles. The fraction of sp³-hybridized carbons (Fsp3) is 0.462. The van der Waals surface area contributed by atoms with E-state index in [0.29, 0.717) is 27.0 Å². The lowest BCUT2D eigenvalue weighted by Gasteiger charge is -2.39. The Morgan fingerprint density at radius 3 is 2.84 bits per heavy atom. The Hall–Kier alpha value is -0.330. The molecule has 19 heavy (non-hydrogen) atoms. The fourth-order valence-electron chi connectivity index (χ4n) is 2.22. The number of anilines is 1. The van der Waals surface area contributed by atoms with E-state index in [1.807, 2.05) is 11.8 Å². The summed E-state index contributed by atoms with van der Waals surface area (Å²) in [5.41, 5.74) is 6.74. The van der Waals surface area contributed by atoms with Crippen LogP contribution in [-0.4, -0.2) is 28.6 Å². The minimum Gasteiger partial charge on any atom is -0.389 e.